The molecule has 0 radical (unpaired) electrons. The largest absolute Gasteiger partial charge is 0.379 e. The first-order valence-electron chi connectivity index (χ1n) is 4.00. The molecule has 4 N–H and O–H groups in total. The molecule has 0 amide bonds. The zero-order valence-corrected chi connectivity index (χ0v) is 7.43. The second-order valence-corrected chi connectivity index (χ2v) is 2.15. The summed E-state index contributed by atoms with van der Waals surface area (Å²) in [5.74, 6) is -0.0246. The molecule has 5 heteroatoms. The van der Waals surface area contributed by atoms with Crippen LogP contribution in [0.3, 0.4) is 0 Å². The normalized spacial score (nSPS) is 9.75. The number of nitrogens with one attached hydrogen (secondary N) is 2. The molecule has 0 bridgehead atoms. The first-order chi connectivity index (χ1) is 5.77. The maximum atomic E-state index is 6.83. The third kappa shape index (κ3) is 9.19. The Bertz CT molecular complexity index is 119. The van der Waals surface area contributed by atoms with Gasteiger partial charge in [-0.3, -0.25) is 5.41 Å². The molecule has 0 atom stereocenters. The standard InChI is InChI=1S/C7H17N3O2/c1-2-11-5-6-12-4-3-10-7(8)9/h2-6H2,1H3,(H4,8,9,10). The third-order valence-electron chi connectivity index (χ3n) is 1.14. The quantitative estimate of drug-likeness (QED) is 0.277. The molecule has 5 nitrogen and oxygen atoms in total. The topological polar surface area (TPSA) is 80.4 Å². The van der Waals surface area contributed by atoms with Crippen molar-refractivity contribution in [2.75, 3.05) is 33.0 Å². The fourth-order valence-electron chi connectivity index (χ4n) is 0.622. The molecule has 12 heavy (non-hydrogen) atoms. The lowest BCUT2D eigenvalue weighted by Crippen LogP contribution is -2.33. The summed E-state index contributed by atoms with van der Waals surface area (Å²) in [7, 11) is 0. The maximum absolute atomic E-state index is 6.83. The van der Waals surface area contributed by atoms with Crippen LogP contribution in [0.25, 0.3) is 0 Å². The van der Waals surface area contributed by atoms with E-state index in [9.17, 15) is 0 Å². The van der Waals surface area contributed by atoms with E-state index in [0.29, 0.717) is 26.4 Å². The molecule has 0 spiro atoms. The molecular formula is C7H17N3O2. The van der Waals surface area contributed by atoms with Gasteiger partial charge in [-0.15, -0.1) is 0 Å². The Hall–Kier alpha value is -0.810. The fourth-order valence-corrected chi connectivity index (χ4v) is 0.622. The van der Waals surface area contributed by atoms with Crippen molar-refractivity contribution in [3.05, 3.63) is 0 Å². The zero-order chi connectivity index (χ0) is 9.23. The lowest BCUT2D eigenvalue weighted by Gasteiger charge is -2.05. The summed E-state index contributed by atoms with van der Waals surface area (Å²) in [6.07, 6.45) is 0. The van der Waals surface area contributed by atoms with Gasteiger partial charge in [0.15, 0.2) is 5.96 Å². The summed E-state index contributed by atoms with van der Waals surface area (Å²) >= 11 is 0. The van der Waals surface area contributed by atoms with Crippen molar-refractivity contribution in [1.29, 1.82) is 5.41 Å². The van der Waals surface area contributed by atoms with Crippen LogP contribution >= 0.6 is 0 Å². The summed E-state index contributed by atoms with van der Waals surface area (Å²) in [5, 5.41) is 9.46. The van der Waals surface area contributed by atoms with Crippen molar-refractivity contribution in [2.45, 2.75) is 6.92 Å². The van der Waals surface area contributed by atoms with Crippen molar-refractivity contribution in [2.24, 2.45) is 5.73 Å². The highest BCUT2D eigenvalue weighted by Crippen LogP contribution is 1.76. The molecule has 0 unspecified atom stereocenters. The first-order valence-corrected chi connectivity index (χ1v) is 4.00. The van der Waals surface area contributed by atoms with Gasteiger partial charge in [-0.1, -0.05) is 0 Å². The van der Waals surface area contributed by atoms with Crippen molar-refractivity contribution < 1.29 is 9.47 Å². The molecule has 0 heterocycles. The lowest BCUT2D eigenvalue weighted by atomic mass is 10.6. The van der Waals surface area contributed by atoms with E-state index in [4.69, 9.17) is 20.6 Å². The third-order valence-corrected chi connectivity index (χ3v) is 1.14. The van der Waals surface area contributed by atoms with Gasteiger partial charge in [0, 0.05) is 13.2 Å². The Morgan fingerprint density at radius 1 is 1.33 bits per heavy atom. The van der Waals surface area contributed by atoms with E-state index in [1.807, 2.05) is 6.92 Å². The van der Waals surface area contributed by atoms with Gasteiger partial charge >= 0.3 is 0 Å². The highest BCUT2D eigenvalue weighted by Gasteiger charge is 1.89. The number of rotatable bonds is 7. The predicted octanol–water partition coefficient (Wildman–Crippen LogP) is -0.477. The summed E-state index contributed by atoms with van der Waals surface area (Å²) in [6.45, 7) is 4.99. The van der Waals surface area contributed by atoms with E-state index in [-0.39, 0.29) is 5.96 Å². The van der Waals surface area contributed by atoms with Crippen LogP contribution in [0.5, 0.6) is 0 Å². The molecule has 0 fully saturated rings. The van der Waals surface area contributed by atoms with Crippen molar-refractivity contribution in [3.63, 3.8) is 0 Å². The minimum absolute atomic E-state index is 0.0246. The number of guanidine groups is 1. The van der Waals surface area contributed by atoms with Gasteiger partial charge in [-0.2, -0.15) is 0 Å². The minimum Gasteiger partial charge on any atom is -0.379 e. The Kier molecular flexibility index (Phi) is 7.73. The van der Waals surface area contributed by atoms with E-state index in [1.165, 1.54) is 0 Å². The van der Waals surface area contributed by atoms with Crippen LogP contribution in [0.2, 0.25) is 0 Å². The summed E-state index contributed by atoms with van der Waals surface area (Å²) in [6, 6.07) is 0. The summed E-state index contributed by atoms with van der Waals surface area (Å²) in [5.41, 5.74) is 5.05. The Labute approximate surface area is 72.7 Å². The molecule has 0 aromatic heterocycles. The van der Waals surface area contributed by atoms with Crippen LogP contribution in [-0.2, 0) is 9.47 Å². The van der Waals surface area contributed by atoms with E-state index >= 15 is 0 Å². The van der Waals surface area contributed by atoms with Gasteiger partial charge in [-0.25, -0.2) is 0 Å². The Morgan fingerprint density at radius 3 is 2.58 bits per heavy atom. The highest BCUT2D eigenvalue weighted by atomic mass is 16.5. The number of ether oxygens (including phenoxy) is 2. The van der Waals surface area contributed by atoms with Crippen LogP contribution in [-0.4, -0.2) is 38.9 Å². The lowest BCUT2D eigenvalue weighted by molar-refractivity contribution is 0.0550. The number of hydrogen-bond donors (Lipinski definition) is 3. The highest BCUT2D eigenvalue weighted by molar-refractivity contribution is 5.74. The van der Waals surface area contributed by atoms with Gasteiger partial charge in [-0.05, 0) is 6.92 Å². The van der Waals surface area contributed by atoms with Crippen LogP contribution in [0.4, 0.5) is 0 Å². The zero-order valence-electron chi connectivity index (χ0n) is 7.43. The monoisotopic (exact) mass is 175 g/mol. The molecular weight excluding hydrogens is 158 g/mol. The maximum Gasteiger partial charge on any atom is 0.185 e. The molecule has 72 valence electrons. The van der Waals surface area contributed by atoms with E-state index < -0.39 is 0 Å². The van der Waals surface area contributed by atoms with Gasteiger partial charge < -0.3 is 20.5 Å². The van der Waals surface area contributed by atoms with E-state index in [0.717, 1.165) is 6.61 Å². The van der Waals surface area contributed by atoms with Crippen molar-refractivity contribution in [1.82, 2.24) is 5.32 Å². The van der Waals surface area contributed by atoms with Crippen molar-refractivity contribution in [3.8, 4) is 0 Å². The molecule has 0 aliphatic heterocycles. The molecule has 0 rings (SSSR count). The van der Waals surface area contributed by atoms with Crippen LogP contribution < -0.4 is 11.1 Å². The van der Waals surface area contributed by atoms with Crippen LogP contribution in [0, 0.1) is 5.41 Å². The predicted molar refractivity (Wildman–Crippen MR) is 47.2 cm³/mol. The number of hydrogen-bond acceptors (Lipinski definition) is 3. The smallest absolute Gasteiger partial charge is 0.185 e. The van der Waals surface area contributed by atoms with E-state index in [1.54, 1.807) is 0 Å². The Morgan fingerprint density at radius 2 is 2.00 bits per heavy atom. The average molecular weight is 175 g/mol. The van der Waals surface area contributed by atoms with Crippen molar-refractivity contribution >= 4 is 5.96 Å². The van der Waals surface area contributed by atoms with E-state index in [2.05, 4.69) is 5.32 Å². The minimum atomic E-state index is -0.0246. The molecule has 0 aromatic rings. The van der Waals surface area contributed by atoms with Gasteiger partial charge in [0.1, 0.15) is 0 Å². The molecule has 0 aliphatic carbocycles. The van der Waals surface area contributed by atoms with Gasteiger partial charge in [0.25, 0.3) is 0 Å². The molecule has 0 aromatic carbocycles. The van der Waals surface area contributed by atoms with Crippen LogP contribution in [0.1, 0.15) is 6.92 Å². The molecule has 0 saturated heterocycles. The Balaban J connectivity index is 2.86. The SMILES string of the molecule is CCOCCOCCNC(=N)N. The second-order valence-electron chi connectivity index (χ2n) is 2.15. The fraction of sp³-hybridized carbons (Fsp3) is 0.857. The van der Waals surface area contributed by atoms with Crippen LogP contribution in [0.15, 0.2) is 0 Å². The summed E-state index contributed by atoms with van der Waals surface area (Å²) < 4.78 is 10.2. The summed E-state index contributed by atoms with van der Waals surface area (Å²) in [4.78, 5) is 0. The second kappa shape index (κ2) is 8.29. The number of nitrogens with two attached hydrogens (primary N) is 1. The molecule has 0 aliphatic rings. The first kappa shape index (κ1) is 11.2. The van der Waals surface area contributed by atoms with Gasteiger partial charge in [0.05, 0.1) is 19.8 Å². The van der Waals surface area contributed by atoms with Gasteiger partial charge in [0.2, 0.25) is 0 Å². The average Bonchev–Trinajstić information content (AvgIpc) is 2.02. The molecule has 0 saturated carbocycles.